The molecule has 1 heterocycles. The lowest BCUT2D eigenvalue weighted by atomic mass is 10.0. The first kappa shape index (κ1) is 19.2. The van der Waals surface area contributed by atoms with E-state index in [-0.39, 0.29) is 4.90 Å². The zero-order valence-electron chi connectivity index (χ0n) is 15.3. The number of aromatic nitrogens is 1. The molecule has 0 unspecified atom stereocenters. The fraction of sp³-hybridized carbons (Fsp3) is 0.421. The number of nitrogens with one attached hydrogen (secondary N) is 2. The molecule has 0 aliphatic heterocycles. The van der Waals surface area contributed by atoms with Crippen molar-refractivity contribution >= 4 is 21.5 Å². The molecule has 2 aromatic rings. The van der Waals surface area contributed by atoms with E-state index in [0.29, 0.717) is 17.5 Å². The molecule has 136 valence electrons. The lowest BCUT2D eigenvalue weighted by molar-refractivity contribution is 0.601. The summed E-state index contributed by atoms with van der Waals surface area (Å²) in [5.41, 5.74) is 1.56. The van der Waals surface area contributed by atoms with E-state index in [1.807, 2.05) is 12.1 Å². The molecule has 0 aliphatic rings. The van der Waals surface area contributed by atoms with Crippen molar-refractivity contribution < 1.29 is 8.42 Å². The second-order valence-corrected chi connectivity index (χ2v) is 8.55. The Hall–Kier alpha value is -2.08. The number of rotatable bonds is 8. The van der Waals surface area contributed by atoms with Crippen molar-refractivity contribution in [1.29, 1.82) is 0 Å². The minimum Gasteiger partial charge on any atom is -0.370 e. The average molecular weight is 362 g/mol. The minimum absolute atomic E-state index is 0.246. The number of hydrogen-bond donors (Lipinski definition) is 2. The van der Waals surface area contributed by atoms with Gasteiger partial charge in [0, 0.05) is 6.54 Å². The molecular weight excluding hydrogens is 334 g/mol. The molecular formula is C19H27N3O2S. The molecule has 0 amide bonds. The highest BCUT2D eigenvalue weighted by Gasteiger charge is 2.14. The lowest BCUT2D eigenvalue weighted by Crippen LogP contribution is -2.13. The number of hydrogen-bond acceptors (Lipinski definition) is 4. The Morgan fingerprint density at radius 3 is 2.20 bits per heavy atom. The van der Waals surface area contributed by atoms with Gasteiger partial charge in [0.1, 0.15) is 5.82 Å². The van der Waals surface area contributed by atoms with E-state index in [1.54, 1.807) is 24.3 Å². The van der Waals surface area contributed by atoms with Gasteiger partial charge in [-0.3, -0.25) is 4.72 Å². The number of pyridine rings is 1. The molecule has 0 aliphatic carbocycles. The van der Waals surface area contributed by atoms with Crippen molar-refractivity contribution in [3.63, 3.8) is 0 Å². The summed E-state index contributed by atoms with van der Waals surface area (Å²) in [6.07, 6.45) is 2.58. The molecule has 1 aromatic heterocycles. The van der Waals surface area contributed by atoms with Gasteiger partial charge < -0.3 is 5.32 Å². The molecule has 0 fully saturated rings. The van der Waals surface area contributed by atoms with Crippen molar-refractivity contribution in [2.24, 2.45) is 5.92 Å². The topological polar surface area (TPSA) is 71.1 Å². The molecule has 25 heavy (non-hydrogen) atoms. The summed E-state index contributed by atoms with van der Waals surface area (Å²) in [5, 5.41) is 3.23. The zero-order valence-corrected chi connectivity index (χ0v) is 16.1. The Bertz CT molecular complexity index is 767. The fourth-order valence-electron chi connectivity index (χ4n) is 2.29. The predicted molar refractivity (Wildman–Crippen MR) is 104 cm³/mol. The van der Waals surface area contributed by atoms with E-state index < -0.39 is 10.0 Å². The summed E-state index contributed by atoms with van der Waals surface area (Å²) in [6.45, 7) is 9.33. The van der Waals surface area contributed by atoms with E-state index in [0.717, 1.165) is 24.3 Å². The SMILES string of the molecule is CC(C)CCNc1ccc(NS(=O)(=O)c2ccc(C(C)C)cc2)cn1. The van der Waals surface area contributed by atoms with E-state index in [4.69, 9.17) is 0 Å². The van der Waals surface area contributed by atoms with Gasteiger partial charge >= 0.3 is 0 Å². The molecule has 0 spiro atoms. The third-order valence-electron chi connectivity index (χ3n) is 3.90. The van der Waals surface area contributed by atoms with Gasteiger partial charge in [0.2, 0.25) is 0 Å². The van der Waals surface area contributed by atoms with Gasteiger partial charge in [-0.25, -0.2) is 13.4 Å². The highest BCUT2D eigenvalue weighted by atomic mass is 32.2. The van der Waals surface area contributed by atoms with Crippen LogP contribution in [0.1, 0.15) is 45.6 Å². The summed E-state index contributed by atoms with van der Waals surface area (Å²) >= 11 is 0. The average Bonchev–Trinajstić information content (AvgIpc) is 2.56. The van der Waals surface area contributed by atoms with Crippen LogP contribution < -0.4 is 10.0 Å². The maximum atomic E-state index is 12.5. The first-order chi connectivity index (χ1) is 11.8. The molecule has 0 atom stereocenters. The van der Waals surface area contributed by atoms with Gasteiger partial charge in [0.25, 0.3) is 10.0 Å². The summed E-state index contributed by atoms with van der Waals surface area (Å²) in [7, 11) is -3.61. The zero-order chi connectivity index (χ0) is 18.4. The van der Waals surface area contributed by atoms with Crippen molar-refractivity contribution in [2.45, 2.75) is 44.9 Å². The van der Waals surface area contributed by atoms with E-state index in [9.17, 15) is 8.42 Å². The van der Waals surface area contributed by atoms with Gasteiger partial charge in [-0.2, -0.15) is 0 Å². The van der Waals surface area contributed by atoms with Crippen LogP contribution in [0.15, 0.2) is 47.5 Å². The van der Waals surface area contributed by atoms with Crippen LogP contribution in [-0.4, -0.2) is 19.9 Å². The number of sulfonamides is 1. The third-order valence-corrected chi connectivity index (χ3v) is 5.30. The van der Waals surface area contributed by atoms with E-state index in [1.165, 1.54) is 6.20 Å². The normalized spacial score (nSPS) is 11.8. The molecule has 0 saturated heterocycles. The van der Waals surface area contributed by atoms with Gasteiger partial charge in [-0.05, 0) is 48.1 Å². The third kappa shape index (κ3) is 5.74. The second kappa shape index (κ2) is 8.34. The summed E-state index contributed by atoms with van der Waals surface area (Å²) < 4.78 is 27.5. The summed E-state index contributed by atoms with van der Waals surface area (Å²) in [5.74, 6) is 1.73. The summed E-state index contributed by atoms with van der Waals surface area (Å²) in [6, 6.07) is 10.4. The molecule has 2 rings (SSSR count). The summed E-state index contributed by atoms with van der Waals surface area (Å²) in [4.78, 5) is 4.50. The first-order valence-electron chi connectivity index (χ1n) is 8.60. The van der Waals surface area contributed by atoms with Crippen LogP contribution in [0.25, 0.3) is 0 Å². The molecule has 0 bridgehead atoms. The number of benzene rings is 1. The maximum absolute atomic E-state index is 12.5. The Labute approximate surface area is 150 Å². The molecule has 0 saturated carbocycles. The van der Waals surface area contributed by atoms with Gasteiger partial charge in [-0.15, -0.1) is 0 Å². The molecule has 1 aromatic carbocycles. The van der Waals surface area contributed by atoms with Crippen LogP contribution in [-0.2, 0) is 10.0 Å². The van der Waals surface area contributed by atoms with Crippen molar-refractivity contribution in [1.82, 2.24) is 4.98 Å². The smallest absolute Gasteiger partial charge is 0.261 e. The van der Waals surface area contributed by atoms with Crippen LogP contribution in [0.3, 0.4) is 0 Å². The van der Waals surface area contributed by atoms with Gasteiger partial charge in [0.15, 0.2) is 0 Å². The van der Waals surface area contributed by atoms with Crippen molar-refractivity contribution in [3.05, 3.63) is 48.2 Å². The van der Waals surface area contributed by atoms with Crippen LogP contribution in [0, 0.1) is 5.92 Å². The van der Waals surface area contributed by atoms with Crippen LogP contribution in [0.2, 0.25) is 0 Å². The molecule has 5 nitrogen and oxygen atoms in total. The van der Waals surface area contributed by atoms with E-state index in [2.05, 4.69) is 42.7 Å². The minimum atomic E-state index is -3.61. The van der Waals surface area contributed by atoms with Crippen LogP contribution in [0.5, 0.6) is 0 Å². The fourth-order valence-corrected chi connectivity index (χ4v) is 3.34. The first-order valence-corrected chi connectivity index (χ1v) is 10.1. The lowest BCUT2D eigenvalue weighted by Gasteiger charge is -2.11. The van der Waals surface area contributed by atoms with Crippen molar-refractivity contribution in [2.75, 3.05) is 16.6 Å². The Balaban J connectivity index is 2.02. The number of anilines is 2. The maximum Gasteiger partial charge on any atom is 0.261 e. The van der Waals surface area contributed by atoms with E-state index >= 15 is 0 Å². The largest absolute Gasteiger partial charge is 0.370 e. The molecule has 6 heteroatoms. The second-order valence-electron chi connectivity index (χ2n) is 6.87. The highest BCUT2D eigenvalue weighted by Crippen LogP contribution is 2.20. The Morgan fingerprint density at radius 2 is 1.68 bits per heavy atom. The van der Waals surface area contributed by atoms with Gasteiger partial charge in [0.05, 0.1) is 16.8 Å². The van der Waals surface area contributed by atoms with Gasteiger partial charge in [-0.1, -0.05) is 39.8 Å². The molecule has 2 N–H and O–H groups in total. The van der Waals surface area contributed by atoms with Crippen LogP contribution in [0.4, 0.5) is 11.5 Å². The molecule has 0 radical (unpaired) electrons. The van der Waals surface area contributed by atoms with Crippen LogP contribution >= 0.6 is 0 Å². The number of nitrogens with zero attached hydrogens (tertiary/aromatic N) is 1. The highest BCUT2D eigenvalue weighted by molar-refractivity contribution is 7.92. The monoisotopic (exact) mass is 361 g/mol. The Morgan fingerprint density at radius 1 is 1.00 bits per heavy atom. The predicted octanol–water partition coefficient (Wildman–Crippen LogP) is 4.46. The standard InChI is InChI=1S/C19H27N3O2S/c1-14(2)11-12-20-19-10-7-17(13-21-19)22-25(23,24)18-8-5-16(6-9-18)15(3)4/h5-10,13-15,22H,11-12H2,1-4H3,(H,20,21). The quantitative estimate of drug-likeness (QED) is 0.728. The Kier molecular flexibility index (Phi) is 6.42. The van der Waals surface area contributed by atoms with Crippen molar-refractivity contribution in [3.8, 4) is 0 Å².